The van der Waals surface area contributed by atoms with Gasteiger partial charge in [0.05, 0.1) is 4.90 Å². The fourth-order valence-electron chi connectivity index (χ4n) is 1.98. The van der Waals surface area contributed by atoms with Crippen LogP contribution in [-0.2, 0) is 16.6 Å². The van der Waals surface area contributed by atoms with Gasteiger partial charge in [-0.1, -0.05) is 28.1 Å². The fourth-order valence-corrected chi connectivity index (χ4v) is 4.30. The Kier molecular flexibility index (Phi) is 6.80. The second kappa shape index (κ2) is 7.89. The van der Waals surface area contributed by atoms with E-state index in [9.17, 15) is 8.42 Å². The van der Waals surface area contributed by atoms with E-state index >= 15 is 0 Å². The average molecular weight is 373 g/mol. The highest BCUT2D eigenvalue weighted by Gasteiger charge is 2.25. The predicted molar refractivity (Wildman–Crippen MR) is 90.8 cm³/mol. The minimum atomic E-state index is -3.59. The molecule has 6 heteroatoms. The zero-order valence-electron chi connectivity index (χ0n) is 12.4. The normalized spacial score (nSPS) is 11.6. The van der Waals surface area contributed by atoms with E-state index in [1.54, 1.807) is 25.1 Å². The number of hydrogen-bond acceptors (Lipinski definition) is 3. The molecule has 0 aliphatic rings. The lowest BCUT2D eigenvalue weighted by Crippen LogP contribution is -2.32. The largest absolute Gasteiger partial charge is 0.316 e. The van der Waals surface area contributed by atoms with Crippen molar-refractivity contribution in [3.05, 3.63) is 53.0 Å². The van der Waals surface area contributed by atoms with Crippen molar-refractivity contribution in [3.8, 4) is 0 Å². The van der Waals surface area contributed by atoms with Crippen LogP contribution in [0.3, 0.4) is 0 Å². The highest BCUT2D eigenvalue weighted by atomic mass is 79.9. The molecule has 4 nitrogen and oxygen atoms in total. The molecule has 0 saturated carbocycles. The maximum atomic E-state index is 12.8. The van der Waals surface area contributed by atoms with Gasteiger partial charge in [-0.05, 0) is 37.2 Å². The van der Waals surface area contributed by atoms with Gasteiger partial charge in [0, 0.05) is 24.1 Å². The second-order valence-corrected chi connectivity index (χ2v) is 7.39. The first-order valence-electron chi connectivity index (χ1n) is 6.54. The molecule has 0 heterocycles. The summed E-state index contributed by atoms with van der Waals surface area (Å²) in [6.07, 6.45) is 3.14. The van der Waals surface area contributed by atoms with E-state index in [0.29, 0.717) is 17.0 Å². The van der Waals surface area contributed by atoms with Crippen LogP contribution in [0.15, 0.2) is 46.8 Å². The number of halogens is 1. The summed E-state index contributed by atoms with van der Waals surface area (Å²) in [5.41, 5.74) is 1.61. The molecule has 116 valence electrons. The number of hydrogen-bond donors (Lipinski definition) is 1. The number of nitrogens with zero attached hydrogens (tertiary/aromatic N) is 1. The van der Waals surface area contributed by atoms with Gasteiger partial charge in [-0.3, -0.25) is 0 Å². The minimum Gasteiger partial charge on any atom is -0.316 e. The summed E-state index contributed by atoms with van der Waals surface area (Å²) in [5.74, 6) is 0. The highest BCUT2D eigenvalue weighted by Crippen LogP contribution is 2.28. The molecule has 0 radical (unpaired) electrons. The van der Waals surface area contributed by atoms with Crippen molar-refractivity contribution >= 4 is 26.0 Å². The molecule has 0 unspecified atom stereocenters. The average Bonchev–Trinajstić information content (AvgIpc) is 2.42. The quantitative estimate of drug-likeness (QED) is 0.713. The van der Waals surface area contributed by atoms with Crippen LogP contribution in [0.5, 0.6) is 0 Å². The number of rotatable bonds is 8. The summed E-state index contributed by atoms with van der Waals surface area (Å²) in [5, 5.41) is 3.03. The lowest BCUT2D eigenvalue weighted by molar-refractivity contribution is 0.473. The number of benzene rings is 1. The van der Waals surface area contributed by atoms with E-state index in [4.69, 9.17) is 0 Å². The maximum absolute atomic E-state index is 12.8. The molecular formula is C15H21BrN2O2S. The summed E-state index contributed by atoms with van der Waals surface area (Å²) < 4.78 is 27.8. The van der Waals surface area contributed by atoms with Gasteiger partial charge >= 0.3 is 0 Å². The first-order valence-corrected chi connectivity index (χ1v) is 8.77. The molecule has 0 saturated heterocycles. The molecule has 21 heavy (non-hydrogen) atoms. The number of nitrogens with one attached hydrogen (secondary N) is 1. The van der Waals surface area contributed by atoms with E-state index in [2.05, 4.69) is 34.4 Å². The van der Waals surface area contributed by atoms with Gasteiger partial charge in [0.25, 0.3) is 0 Å². The summed E-state index contributed by atoms with van der Waals surface area (Å²) in [6.45, 7) is 10.1. The second-order valence-electron chi connectivity index (χ2n) is 4.63. The molecular weight excluding hydrogens is 352 g/mol. The number of sulfonamides is 1. The zero-order chi connectivity index (χ0) is 16.0. The van der Waals surface area contributed by atoms with E-state index in [0.717, 1.165) is 10.0 Å². The van der Waals surface area contributed by atoms with Crippen LogP contribution in [0.1, 0.15) is 11.1 Å². The van der Waals surface area contributed by atoms with Crippen LogP contribution in [0, 0.1) is 6.92 Å². The van der Waals surface area contributed by atoms with Gasteiger partial charge in [0.2, 0.25) is 10.0 Å². The van der Waals surface area contributed by atoms with E-state index in [1.165, 1.54) is 4.31 Å². The molecule has 0 aliphatic heterocycles. The van der Waals surface area contributed by atoms with Crippen molar-refractivity contribution in [3.63, 3.8) is 0 Å². The molecule has 1 aromatic rings. The molecule has 0 atom stereocenters. The Morgan fingerprint density at radius 1 is 1.29 bits per heavy atom. The van der Waals surface area contributed by atoms with E-state index in [1.807, 2.05) is 13.1 Å². The van der Waals surface area contributed by atoms with E-state index in [-0.39, 0.29) is 13.1 Å². The lowest BCUT2D eigenvalue weighted by atomic mass is 10.1. The third-order valence-corrected chi connectivity index (χ3v) is 5.80. The first kappa shape index (κ1) is 18.1. The molecule has 0 amide bonds. The van der Waals surface area contributed by atoms with Gasteiger partial charge in [0.15, 0.2) is 0 Å². The standard InChI is InChI=1S/C15H21BrN2O2S/c1-5-7-18(8-6-2)21(19,20)15-10-13(11-17-4)9-14(16)12(15)3/h5-6,9-10,17H,1-2,7-8,11H2,3-4H3. The van der Waals surface area contributed by atoms with Gasteiger partial charge in [0.1, 0.15) is 0 Å². The predicted octanol–water partition coefficient (Wildman–Crippen LogP) is 2.84. The SMILES string of the molecule is C=CCN(CC=C)S(=O)(=O)c1cc(CNC)cc(Br)c1C. The van der Waals surface area contributed by atoms with Crippen LogP contribution >= 0.6 is 15.9 Å². The van der Waals surface area contributed by atoms with Crippen molar-refractivity contribution < 1.29 is 8.42 Å². The van der Waals surface area contributed by atoms with Crippen LogP contribution in [0.4, 0.5) is 0 Å². The third-order valence-electron chi connectivity index (χ3n) is 3.02. The van der Waals surface area contributed by atoms with Crippen molar-refractivity contribution in [1.29, 1.82) is 0 Å². The molecule has 0 aromatic heterocycles. The van der Waals surface area contributed by atoms with Crippen LogP contribution in [-0.4, -0.2) is 32.9 Å². The first-order chi connectivity index (χ1) is 9.88. The van der Waals surface area contributed by atoms with Gasteiger partial charge in [-0.15, -0.1) is 13.2 Å². The van der Waals surface area contributed by atoms with Gasteiger partial charge < -0.3 is 5.32 Å². The Bertz CT molecular complexity index is 617. The highest BCUT2D eigenvalue weighted by molar-refractivity contribution is 9.10. The summed E-state index contributed by atoms with van der Waals surface area (Å²) in [4.78, 5) is 0.311. The van der Waals surface area contributed by atoms with Crippen LogP contribution < -0.4 is 5.32 Å². The fraction of sp³-hybridized carbons (Fsp3) is 0.333. The van der Waals surface area contributed by atoms with Crippen molar-refractivity contribution in [2.75, 3.05) is 20.1 Å². The van der Waals surface area contributed by atoms with Gasteiger partial charge in [-0.2, -0.15) is 4.31 Å². The molecule has 0 fully saturated rings. The van der Waals surface area contributed by atoms with Crippen molar-refractivity contribution in [2.24, 2.45) is 0 Å². The molecule has 0 aliphatic carbocycles. The molecule has 0 bridgehead atoms. The minimum absolute atomic E-state index is 0.252. The Hall–Kier alpha value is -0.950. The third kappa shape index (κ3) is 4.26. The molecule has 1 N–H and O–H groups in total. The smallest absolute Gasteiger partial charge is 0.243 e. The Labute approximate surface area is 135 Å². The Morgan fingerprint density at radius 2 is 1.86 bits per heavy atom. The molecule has 1 rings (SSSR count). The molecule has 1 aromatic carbocycles. The summed E-state index contributed by atoms with van der Waals surface area (Å²) >= 11 is 3.44. The summed E-state index contributed by atoms with van der Waals surface area (Å²) in [6, 6.07) is 3.64. The van der Waals surface area contributed by atoms with E-state index < -0.39 is 10.0 Å². The summed E-state index contributed by atoms with van der Waals surface area (Å²) in [7, 11) is -1.76. The monoisotopic (exact) mass is 372 g/mol. The maximum Gasteiger partial charge on any atom is 0.243 e. The zero-order valence-corrected chi connectivity index (χ0v) is 14.8. The van der Waals surface area contributed by atoms with Crippen LogP contribution in [0.25, 0.3) is 0 Å². The Morgan fingerprint density at radius 3 is 2.33 bits per heavy atom. The van der Waals surface area contributed by atoms with Crippen molar-refractivity contribution in [1.82, 2.24) is 9.62 Å². The van der Waals surface area contributed by atoms with Gasteiger partial charge in [-0.25, -0.2) is 8.42 Å². The van der Waals surface area contributed by atoms with Crippen LogP contribution in [0.2, 0.25) is 0 Å². The molecule has 0 spiro atoms. The topological polar surface area (TPSA) is 49.4 Å². The lowest BCUT2D eigenvalue weighted by Gasteiger charge is -2.21. The Balaban J connectivity index is 3.40. The van der Waals surface area contributed by atoms with Crippen molar-refractivity contribution in [2.45, 2.75) is 18.4 Å².